The van der Waals surface area contributed by atoms with E-state index in [0.717, 1.165) is 17.8 Å². The molecule has 2 rings (SSSR count). The highest BCUT2D eigenvalue weighted by atomic mass is 32.1. The first-order valence-electron chi connectivity index (χ1n) is 5.32. The molecule has 2 aromatic rings. The molecule has 0 aliphatic carbocycles. The van der Waals surface area contributed by atoms with E-state index in [1.807, 2.05) is 5.38 Å². The lowest BCUT2D eigenvalue weighted by atomic mass is 10.1. The van der Waals surface area contributed by atoms with Gasteiger partial charge in [-0.1, -0.05) is 20.8 Å². The second-order valence-electron chi connectivity index (χ2n) is 3.90. The Bertz CT molecular complexity index is 485. The van der Waals surface area contributed by atoms with Gasteiger partial charge in [0.05, 0.1) is 21.3 Å². The average molecular weight is 253 g/mol. The summed E-state index contributed by atoms with van der Waals surface area (Å²) in [6.07, 6.45) is 0.976. The summed E-state index contributed by atoms with van der Waals surface area (Å²) >= 11 is 3.21. The molecular formula is C11H15N3S2. The van der Waals surface area contributed by atoms with Crippen molar-refractivity contribution >= 4 is 27.8 Å². The number of nitrogens with two attached hydrogens (primary N) is 1. The van der Waals surface area contributed by atoms with Crippen LogP contribution >= 0.6 is 22.7 Å². The zero-order valence-electron chi connectivity index (χ0n) is 9.65. The maximum atomic E-state index is 5.67. The number of thiazole rings is 2. The maximum Gasteiger partial charge on any atom is 0.180 e. The predicted octanol–water partition coefficient (Wildman–Crippen LogP) is 3.53. The van der Waals surface area contributed by atoms with Gasteiger partial charge < -0.3 is 5.73 Å². The molecule has 0 spiro atoms. The Balaban J connectivity index is 2.50. The average Bonchev–Trinajstić information content (AvgIpc) is 2.82. The molecule has 0 saturated heterocycles. The van der Waals surface area contributed by atoms with Gasteiger partial charge in [-0.3, -0.25) is 0 Å². The normalized spacial score (nSPS) is 11.2. The van der Waals surface area contributed by atoms with Gasteiger partial charge in [0, 0.05) is 5.38 Å². The molecule has 2 N–H and O–H groups in total. The fraction of sp³-hybridized carbons (Fsp3) is 0.455. The number of hydrogen-bond acceptors (Lipinski definition) is 5. The SMILES string of the molecule is CCc1nc(C(C)C)c(-c2csc(N)n2)s1. The zero-order chi connectivity index (χ0) is 11.7. The molecule has 0 aliphatic rings. The molecule has 0 bridgehead atoms. The van der Waals surface area contributed by atoms with Crippen LogP contribution in [0.1, 0.15) is 37.4 Å². The quantitative estimate of drug-likeness (QED) is 0.910. The molecule has 0 radical (unpaired) electrons. The summed E-state index contributed by atoms with van der Waals surface area (Å²) in [5.41, 5.74) is 7.79. The number of anilines is 1. The summed E-state index contributed by atoms with van der Waals surface area (Å²) in [5, 5.41) is 3.80. The molecule has 0 unspecified atom stereocenters. The summed E-state index contributed by atoms with van der Waals surface area (Å²) < 4.78 is 0. The third kappa shape index (κ3) is 2.10. The Labute approximate surface area is 103 Å². The summed E-state index contributed by atoms with van der Waals surface area (Å²) in [6, 6.07) is 0. The molecule has 5 heteroatoms. The van der Waals surface area contributed by atoms with E-state index in [4.69, 9.17) is 5.73 Å². The summed E-state index contributed by atoms with van der Waals surface area (Å²) in [6.45, 7) is 6.45. The smallest absolute Gasteiger partial charge is 0.180 e. The van der Waals surface area contributed by atoms with E-state index in [2.05, 4.69) is 30.7 Å². The van der Waals surface area contributed by atoms with E-state index in [-0.39, 0.29) is 0 Å². The minimum atomic E-state index is 0.425. The van der Waals surface area contributed by atoms with Crippen molar-refractivity contribution in [3.63, 3.8) is 0 Å². The van der Waals surface area contributed by atoms with E-state index in [9.17, 15) is 0 Å². The van der Waals surface area contributed by atoms with E-state index < -0.39 is 0 Å². The number of nitrogens with zero attached hydrogens (tertiary/aromatic N) is 2. The lowest BCUT2D eigenvalue weighted by molar-refractivity contribution is 0.825. The van der Waals surface area contributed by atoms with Crippen molar-refractivity contribution in [2.24, 2.45) is 0 Å². The maximum absolute atomic E-state index is 5.67. The molecule has 86 valence electrons. The van der Waals surface area contributed by atoms with Gasteiger partial charge in [0.2, 0.25) is 0 Å². The zero-order valence-corrected chi connectivity index (χ0v) is 11.3. The molecule has 2 aromatic heterocycles. The summed E-state index contributed by atoms with van der Waals surface area (Å²) in [5.74, 6) is 0.425. The third-order valence-electron chi connectivity index (χ3n) is 2.30. The minimum absolute atomic E-state index is 0.425. The van der Waals surface area contributed by atoms with Crippen LogP contribution in [0.5, 0.6) is 0 Å². The van der Waals surface area contributed by atoms with E-state index >= 15 is 0 Å². The van der Waals surface area contributed by atoms with Crippen LogP contribution in [0.2, 0.25) is 0 Å². The highest BCUT2D eigenvalue weighted by molar-refractivity contribution is 7.16. The van der Waals surface area contributed by atoms with Gasteiger partial charge in [-0.15, -0.1) is 22.7 Å². The monoisotopic (exact) mass is 253 g/mol. The predicted molar refractivity (Wildman–Crippen MR) is 71.1 cm³/mol. The molecule has 0 amide bonds. The Morgan fingerprint density at radius 1 is 1.38 bits per heavy atom. The number of rotatable bonds is 3. The Morgan fingerprint density at radius 2 is 2.12 bits per heavy atom. The minimum Gasteiger partial charge on any atom is -0.375 e. The van der Waals surface area contributed by atoms with Crippen molar-refractivity contribution in [2.75, 3.05) is 5.73 Å². The van der Waals surface area contributed by atoms with Crippen molar-refractivity contribution in [1.82, 2.24) is 9.97 Å². The van der Waals surface area contributed by atoms with Crippen LogP contribution < -0.4 is 5.73 Å². The van der Waals surface area contributed by atoms with E-state index in [1.165, 1.54) is 21.2 Å². The van der Waals surface area contributed by atoms with Crippen molar-refractivity contribution < 1.29 is 0 Å². The number of aromatic nitrogens is 2. The lowest BCUT2D eigenvalue weighted by Gasteiger charge is -2.02. The van der Waals surface area contributed by atoms with Crippen molar-refractivity contribution in [1.29, 1.82) is 0 Å². The fourth-order valence-electron chi connectivity index (χ4n) is 1.50. The van der Waals surface area contributed by atoms with Gasteiger partial charge in [0.25, 0.3) is 0 Å². The molecule has 16 heavy (non-hydrogen) atoms. The molecule has 0 saturated carbocycles. The van der Waals surface area contributed by atoms with Gasteiger partial charge in [-0.05, 0) is 12.3 Å². The van der Waals surface area contributed by atoms with Gasteiger partial charge in [-0.2, -0.15) is 0 Å². The Kier molecular flexibility index (Phi) is 3.25. The highest BCUT2D eigenvalue weighted by Gasteiger charge is 2.16. The van der Waals surface area contributed by atoms with Crippen LogP contribution in [-0.2, 0) is 6.42 Å². The van der Waals surface area contributed by atoms with Crippen LogP contribution in [0.15, 0.2) is 5.38 Å². The number of nitrogen functional groups attached to an aromatic ring is 1. The first kappa shape index (κ1) is 11.5. The van der Waals surface area contributed by atoms with Gasteiger partial charge in [0.15, 0.2) is 5.13 Å². The Morgan fingerprint density at radius 3 is 2.62 bits per heavy atom. The highest BCUT2D eigenvalue weighted by Crippen LogP contribution is 2.35. The van der Waals surface area contributed by atoms with Gasteiger partial charge in [0.1, 0.15) is 0 Å². The van der Waals surface area contributed by atoms with Gasteiger partial charge >= 0.3 is 0 Å². The largest absolute Gasteiger partial charge is 0.375 e. The van der Waals surface area contributed by atoms with Crippen LogP contribution in [0.3, 0.4) is 0 Å². The second-order valence-corrected chi connectivity index (χ2v) is 5.87. The second kappa shape index (κ2) is 4.51. The number of hydrogen-bond donors (Lipinski definition) is 1. The first-order chi connectivity index (χ1) is 7.61. The van der Waals surface area contributed by atoms with E-state index in [0.29, 0.717) is 11.0 Å². The first-order valence-corrected chi connectivity index (χ1v) is 7.02. The van der Waals surface area contributed by atoms with Crippen molar-refractivity contribution in [3.05, 3.63) is 16.1 Å². The van der Waals surface area contributed by atoms with Gasteiger partial charge in [-0.25, -0.2) is 9.97 Å². The Hall–Kier alpha value is -0.940. The molecule has 0 atom stereocenters. The fourth-order valence-corrected chi connectivity index (χ4v) is 3.24. The molecule has 2 heterocycles. The summed E-state index contributed by atoms with van der Waals surface area (Å²) in [4.78, 5) is 10.2. The van der Waals surface area contributed by atoms with E-state index in [1.54, 1.807) is 11.3 Å². The van der Waals surface area contributed by atoms with Crippen molar-refractivity contribution in [2.45, 2.75) is 33.1 Å². The molecule has 0 fully saturated rings. The molecule has 0 aromatic carbocycles. The standard InChI is InChI=1S/C11H15N3S2/c1-4-8-14-9(6(2)3)10(16-8)7-5-15-11(12)13-7/h5-6H,4H2,1-3H3,(H2,12,13). The van der Waals surface area contributed by atoms with Crippen LogP contribution in [-0.4, -0.2) is 9.97 Å². The van der Waals surface area contributed by atoms with Crippen molar-refractivity contribution in [3.8, 4) is 10.6 Å². The van der Waals surface area contributed by atoms with Crippen LogP contribution in [0.25, 0.3) is 10.6 Å². The summed E-state index contributed by atoms with van der Waals surface area (Å²) in [7, 11) is 0. The van der Waals surface area contributed by atoms with Crippen LogP contribution in [0, 0.1) is 0 Å². The molecular weight excluding hydrogens is 238 g/mol. The number of aryl methyl sites for hydroxylation is 1. The lowest BCUT2D eigenvalue weighted by Crippen LogP contribution is -1.91. The molecule has 3 nitrogen and oxygen atoms in total. The third-order valence-corrected chi connectivity index (χ3v) is 4.21. The van der Waals surface area contributed by atoms with Crippen LogP contribution in [0.4, 0.5) is 5.13 Å². The molecule has 0 aliphatic heterocycles. The topological polar surface area (TPSA) is 51.8 Å².